The van der Waals surface area contributed by atoms with E-state index in [9.17, 15) is 0 Å². The predicted octanol–water partition coefficient (Wildman–Crippen LogP) is 2.76. The molecule has 2 heteroatoms. The highest BCUT2D eigenvalue weighted by molar-refractivity contribution is 7.09. The lowest BCUT2D eigenvalue weighted by Gasteiger charge is -2.16. The van der Waals surface area contributed by atoms with Gasteiger partial charge in [-0.3, -0.25) is 4.90 Å². The van der Waals surface area contributed by atoms with Gasteiger partial charge < -0.3 is 0 Å². The Morgan fingerprint density at radius 2 is 2.50 bits per heavy atom. The summed E-state index contributed by atoms with van der Waals surface area (Å²) in [7, 11) is 0. The van der Waals surface area contributed by atoms with Gasteiger partial charge in [0.2, 0.25) is 0 Å². The zero-order chi connectivity index (χ0) is 8.81. The van der Waals surface area contributed by atoms with E-state index in [1.807, 2.05) is 17.4 Å². The van der Waals surface area contributed by atoms with E-state index >= 15 is 0 Å². The van der Waals surface area contributed by atoms with Gasteiger partial charge in [0.05, 0.1) is 0 Å². The Labute approximate surface area is 78.3 Å². The molecule has 0 atom stereocenters. The van der Waals surface area contributed by atoms with Gasteiger partial charge >= 0.3 is 0 Å². The molecule has 0 fully saturated rings. The highest BCUT2D eigenvalue weighted by atomic mass is 32.1. The highest BCUT2D eigenvalue weighted by Crippen LogP contribution is 2.11. The smallest absolute Gasteiger partial charge is 0.0331 e. The lowest BCUT2D eigenvalue weighted by Crippen LogP contribution is -2.21. The molecule has 0 unspecified atom stereocenters. The van der Waals surface area contributed by atoms with Crippen molar-refractivity contribution in [3.8, 4) is 0 Å². The lowest BCUT2D eigenvalue weighted by atomic mass is 10.4. The molecular formula is C10H15NS. The molecule has 1 rings (SSSR count). The third-order valence-electron chi connectivity index (χ3n) is 1.79. The molecule has 0 aliphatic rings. The molecule has 1 heterocycles. The molecule has 0 N–H and O–H groups in total. The molecule has 1 aromatic heterocycles. The lowest BCUT2D eigenvalue weighted by molar-refractivity contribution is 0.314. The summed E-state index contributed by atoms with van der Waals surface area (Å²) in [6.45, 7) is 9.04. The van der Waals surface area contributed by atoms with Crippen LogP contribution < -0.4 is 0 Å². The maximum Gasteiger partial charge on any atom is 0.0331 e. The SMILES string of the molecule is C=CCN(CC)Cc1cccs1. The summed E-state index contributed by atoms with van der Waals surface area (Å²) < 4.78 is 0. The number of hydrogen-bond acceptors (Lipinski definition) is 2. The Morgan fingerprint density at radius 3 is 3.00 bits per heavy atom. The normalized spacial score (nSPS) is 10.5. The van der Waals surface area contributed by atoms with Gasteiger partial charge in [-0.15, -0.1) is 17.9 Å². The van der Waals surface area contributed by atoms with Crippen LogP contribution in [0, 0.1) is 0 Å². The van der Waals surface area contributed by atoms with Gasteiger partial charge in [0.15, 0.2) is 0 Å². The van der Waals surface area contributed by atoms with Crippen LogP contribution in [0.2, 0.25) is 0 Å². The average Bonchev–Trinajstić information content (AvgIpc) is 2.56. The van der Waals surface area contributed by atoms with Crippen molar-refractivity contribution in [2.75, 3.05) is 13.1 Å². The summed E-state index contributed by atoms with van der Waals surface area (Å²) in [6.07, 6.45) is 1.96. The van der Waals surface area contributed by atoms with Crippen LogP contribution in [0.4, 0.5) is 0 Å². The standard InChI is InChI=1S/C10H15NS/c1-3-7-11(4-2)9-10-6-5-8-12-10/h3,5-6,8H,1,4,7,9H2,2H3. The van der Waals surface area contributed by atoms with Crippen LogP contribution in [0.25, 0.3) is 0 Å². The van der Waals surface area contributed by atoms with Crippen LogP contribution >= 0.6 is 11.3 Å². The molecule has 0 bridgehead atoms. The molecule has 0 amide bonds. The van der Waals surface area contributed by atoms with E-state index in [0.29, 0.717) is 0 Å². The van der Waals surface area contributed by atoms with Crippen LogP contribution in [-0.4, -0.2) is 18.0 Å². The average molecular weight is 181 g/mol. The van der Waals surface area contributed by atoms with Crippen molar-refractivity contribution in [3.63, 3.8) is 0 Å². The first-order chi connectivity index (χ1) is 5.86. The van der Waals surface area contributed by atoms with E-state index < -0.39 is 0 Å². The minimum atomic E-state index is 0.981. The van der Waals surface area contributed by atoms with Crippen molar-refractivity contribution >= 4 is 11.3 Å². The Bertz CT molecular complexity index is 216. The Balaban J connectivity index is 2.42. The fraction of sp³-hybridized carbons (Fsp3) is 0.400. The minimum absolute atomic E-state index is 0.981. The van der Waals surface area contributed by atoms with Crippen molar-refractivity contribution in [3.05, 3.63) is 35.0 Å². The highest BCUT2D eigenvalue weighted by Gasteiger charge is 2.00. The fourth-order valence-corrected chi connectivity index (χ4v) is 1.86. The number of hydrogen-bond donors (Lipinski definition) is 0. The maximum atomic E-state index is 3.74. The first-order valence-electron chi connectivity index (χ1n) is 4.22. The molecule has 0 aliphatic carbocycles. The molecule has 0 aromatic carbocycles. The monoisotopic (exact) mass is 181 g/mol. The van der Waals surface area contributed by atoms with Crippen LogP contribution in [0.3, 0.4) is 0 Å². The van der Waals surface area contributed by atoms with Crippen LogP contribution in [0.1, 0.15) is 11.8 Å². The second-order valence-electron chi connectivity index (χ2n) is 2.70. The van der Waals surface area contributed by atoms with Crippen LogP contribution in [0.5, 0.6) is 0 Å². The molecular weight excluding hydrogens is 166 g/mol. The second kappa shape index (κ2) is 5.12. The van der Waals surface area contributed by atoms with Gasteiger partial charge in [0, 0.05) is 18.0 Å². The van der Waals surface area contributed by atoms with E-state index in [0.717, 1.165) is 19.6 Å². The van der Waals surface area contributed by atoms with E-state index in [1.165, 1.54) is 4.88 Å². The van der Waals surface area contributed by atoms with Crippen LogP contribution in [-0.2, 0) is 6.54 Å². The maximum absolute atomic E-state index is 3.74. The van der Waals surface area contributed by atoms with Gasteiger partial charge in [-0.1, -0.05) is 19.1 Å². The summed E-state index contributed by atoms with van der Waals surface area (Å²) in [5, 5.41) is 2.12. The number of thiophene rings is 1. The summed E-state index contributed by atoms with van der Waals surface area (Å²) in [6, 6.07) is 4.28. The minimum Gasteiger partial charge on any atom is -0.295 e. The van der Waals surface area contributed by atoms with Gasteiger partial charge in [-0.25, -0.2) is 0 Å². The van der Waals surface area contributed by atoms with Crippen molar-refractivity contribution in [2.24, 2.45) is 0 Å². The van der Waals surface area contributed by atoms with E-state index in [4.69, 9.17) is 0 Å². The quantitative estimate of drug-likeness (QED) is 0.631. The second-order valence-corrected chi connectivity index (χ2v) is 3.73. The molecule has 1 aromatic rings. The van der Waals surface area contributed by atoms with Gasteiger partial charge in [-0.05, 0) is 18.0 Å². The van der Waals surface area contributed by atoms with Crippen LogP contribution in [0.15, 0.2) is 30.2 Å². The first kappa shape index (κ1) is 9.49. The molecule has 66 valence electrons. The number of rotatable bonds is 5. The summed E-state index contributed by atoms with van der Waals surface area (Å²) in [4.78, 5) is 3.79. The molecule has 0 saturated heterocycles. The van der Waals surface area contributed by atoms with E-state index in [1.54, 1.807) is 0 Å². The molecule has 12 heavy (non-hydrogen) atoms. The van der Waals surface area contributed by atoms with Crippen molar-refractivity contribution in [1.82, 2.24) is 4.90 Å². The molecule has 0 spiro atoms. The fourth-order valence-electron chi connectivity index (χ4n) is 1.11. The molecule has 1 nitrogen and oxygen atoms in total. The Morgan fingerprint density at radius 1 is 1.67 bits per heavy atom. The summed E-state index contributed by atoms with van der Waals surface area (Å²) in [5.41, 5.74) is 0. The van der Waals surface area contributed by atoms with Crippen molar-refractivity contribution < 1.29 is 0 Å². The molecule has 0 aliphatic heterocycles. The molecule has 0 radical (unpaired) electrons. The Hall–Kier alpha value is -0.600. The van der Waals surface area contributed by atoms with Crippen molar-refractivity contribution in [2.45, 2.75) is 13.5 Å². The molecule has 0 saturated carbocycles. The summed E-state index contributed by atoms with van der Waals surface area (Å²) in [5.74, 6) is 0. The summed E-state index contributed by atoms with van der Waals surface area (Å²) >= 11 is 1.82. The Kier molecular flexibility index (Phi) is 4.05. The number of likely N-dealkylation sites (N-methyl/N-ethyl adjacent to an activating group) is 1. The number of nitrogens with zero attached hydrogens (tertiary/aromatic N) is 1. The zero-order valence-corrected chi connectivity index (χ0v) is 8.31. The third kappa shape index (κ3) is 2.80. The van der Waals surface area contributed by atoms with Gasteiger partial charge in [0.1, 0.15) is 0 Å². The van der Waals surface area contributed by atoms with Crippen molar-refractivity contribution in [1.29, 1.82) is 0 Å². The zero-order valence-electron chi connectivity index (χ0n) is 7.49. The largest absolute Gasteiger partial charge is 0.295 e. The van der Waals surface area contributed by atoms with E-state index in [-0.39, 0.29) is 0 Å². The first-order valence-corrected chi connectivity index (χ1v) is 5.10. The van der Waals surface area contributed by atoms with Gasteiger partial charge in [-0.2, -0.15) is 0 Å². The third-order valence-corrected chi connectivity index (χ3v) is 2.66. The van der Waals surface area contributed by atoms with E-state index in [2.05, 4.69) is 35.9 Å². The van der Waals surface area contributed by atoms with Gasteiger partial charge in [0.25, 0.3) is 0 Å². The predicted molar refractivity (Wildman–Crippen MR) is 55.5 cm³/mol. The topological polar surface area (TPSA) is 3.24 Å².